The summed E-state index contributed by atoms with van der Waals surface area (Å²) in [5, 5.41) is 10.2. The largest absolute Gasteiger partial charge is 0.394 e. The summed E-state index contributed by atoms with van der Waals surface area (Å²) in [7, 11) is 1.78. The maximum atomic E-state index is 14.4. The van der Waals surface area contributed by atoms with E-state index in [1.165, 1.54) is 6.42 Å². The van der Waals surface area contributed by atoms with Gasteiger partial charge in [0.1, 0.15) is 6.04 Å². The highest BCUT2D eigenvalue weighted by Crippen LogP contribution is 2.61. The molecule has 4 aliphatic heterocycles. The van der Waals surface area contributed by atoms with Crippen molar-refractivity contribution in [2.45, 2.75) is 74.1 Å². The van der Waals surface area contributed by atoms with Gasteiger partial charge in [0.15, 0.2) is 0 Å². The Morgan fingerprint density at radius 3 is 2.47 bits per heavy atom. The second-order valence-electron chi connectivity index (χ2n) is 10.9. The van der Waals surface area contributed by atoms with Gasteiger partial charge in [0.05, 0.1) is 29.2 Å². The van der Waals surface area contributed by atoms with Crippen LogP contribution < -0.4 is 0 Å². The van der Waals surface area contributed by atoms with E-state index in [9.17, 15) is 19.5 Å². The number of aliphatic hydroxyl groups excluding tert-OH is 1. The van der Waals surface area contributed by atoms with Gasteiger partial charge in [-0.25, -0.2) is 0 Å². The van der Waals surface area contributed by atoms with Crippen LogP contribution in [0.25, 0.3) is 0 Å². The predicted molar refractivity (Wildman–Crippen MR) is 132 cm³/mol. The van der Waals surface area contributed by atoms with Crippen LogP contribution in [0.3, 0.4) is 0 Å². The number of aliphatic hydroxyl groups is 1. The summed E-state index contributed by atoms with van der Waals surface area (Å²) >= 11 is 1.62. The van der Waals surface area contributed by atoms with Crippen molar-refractivity contribution >= 4 is 29.5 Å². The molecule has 1 aliphatic carbocycles. The quantitative estimate of drug-likeness (QED) is 0.614. The molecule has 0 radical (unpaired) electrons. The van der Waals surface area contributed by atoms with Gasteiger partial charge in [-0.3, -0.25) is 14.4 Å². The molecule has 1 N–H and O–H groups in total. The molecule has 1 spiro atoms. The van der Waals surface area contributed by atoms with Crippen LogP contribution in [0, 0.1) is 17.8 Å². The summed E-state index contributed by atoms with van der Waals surface area (Å²) in [6, 6.07) is -0.973. The molecule has 186 valence electrons. The number of rotatable bonds is 4. The second kappa shape index (κ2) is 9.01. The molecule has 8 heteroatoms. The molecule has 5 rings (SSSR count). The van der Waals surface area contributed by atoms with Crippen LogP contribution in [0.1, 0.15) is 46.0 Å². The summed E-state index contributed by atoms with van der Waals surface area (Å²) in [5.74, 6) is -1.32. The highest BCUT2D eigenvalue weighted by Gasteiger charge is 2.71. The van der Waals surface area contributed by atoms with Gasteiger partial charge >= 0.3 is 0 Å². The summed E-state index contributed by atoms with van der Waals surface area (Å²) in [5.41, 5.74) is 0. The van der Waals surface area contributed by atoms with E-state index in [4.69, 9.17) is 0 Å². The molecule has 0 aromatic carbocycles. The number of fused-ring (bicyclic) bond motifs is 2. The first-order valence-electron chi connectivity index (χ1n) is 12.8. The molecular formula is C26H37N3O4S. The fourth-order valence-corrected chi connectivity index (χ4v) is 8.91. The van der Waals surface area contributed by atoms with E-state index in [1.807, 2.05) is 24.8 Å². The van der Waals surface area contributed by atoms with Gasteiger partial charge < -0.3 is 19.8 Å². The van der Waals surface area contributed by atoms with Crippen LogP contribution in [0.15, 0.2) is 24.3 Å². The van der Waals surface area contributed by atoms with E-state index in [1.54, 1.807) is 28.6 Å². The van der Waals surface area contributed by atoms with E-state index in [2.05, 4.69) is 18.2 Å². The minimum Gasteiger partial charge on any atom is -0.394 e. The van der Waals surface area contributed by atoms with E-state index in [0.29, 0.717) is 13.1 Å². The fourth-order valence-electron chi connectivity index (χ4n) is 6.92. The molecule has 34 heavy (non-hydrogen) atoms. The second-order valence-corrected chi connectivity index (χ2v) is 12.4. The number of likely N-dealkylation sites (tertiary alicyclic amines) is 1. The maximum absolute atomic E-state index is 14.4. The Labute approximate surface area is 206 Å². The van der Waals surface area contributed by atoms with Gasteiger partial charge in [-0.1, -0.05) is 57.4 Å². The molecule has 7 nitrogen and oxygen atoms in total. The normalized spacial score (nSPS) is 37.1. The molecule has 3 amide bonds. The molecule has 1 saturated carbocycles. The lowest BCUT2D eigenvalue weighted by Gasteiger charge is -2.42. The molecule has 4 heterocycles. The van der Waals surface area contributed by atoms with Crippen molar-refractivity contribution in [1.29, 1.82) is 0 Å². The lowest BCUT2D eigenvalue weighted by Crippen LogP contribution is -2.59. The fraction of sp³-hybridized carbons (Fsp3) is 0.731. The van der Waals surface area contributed by atoms with Crippen molar-refractivity contribution in [3.05, 3.63) is 24.3 Å². The number of hydrogen-bond acceptors (Lipinski definition) is 5. The van der Waals surface area contributed by atoms with Crippen LogP contribution in [0.4, 0.5) is 0 Å². The molecule has 0 aromatic heterocycles. The van der Waals surface area contributed by atoms with Crippen molar-refractivity contribution in [1.82, 2.24) is 14.7 Å². The Morgan fingerprint density at radius 2 is 1.79 bits per heavy atom. The van der Waals surface area contributed by atoms with E-state index >= 15 is 0 Å². The van der Waals surface area contributed by atoms with Gasteiger partial charge in [-0.2, -0.15) is 0 Å². The summed E-state index contributed by atoms with van der Waals surface area (Å²) in [6.45, 7) is 4.84. The van der Waals surface area contributed by atoms with Crippen molar-refractivity contribution < 1.29 is 19.5 Å². The first kappa shape index (κ1) is 23.9. The van der Waals surface area contributed by atoms with Crippen molar-refractivity contribution in [3.8, 4) is 0 Å². The molecule has 3 fully saturated rings. The highest BCUT2D eigenvalue weighted by atomic mass is 32.2. The zero-order valence-electron chi connectivity index (χ0n) is 20.4. The number of thioether (sulfide) groups is 1. The average Bonchev–Trinajstić information content (AvgIpc) is 3.14. The summed E-state index contributed by atoms with van der Waals surface area (Å²) in [6.07, 6.45) is 13.6. The van der Waals surface area contributed by atoms with E-state index in [-0.39, 0.29) is 41.5 Å². The van der Waals surface area contributed by atoms with Crippen LogP contribution in [0.2, 0.25) is 0 Å². The number of carbonyl (C=O) groups is 3. The Morgan fingerprint density at radius 1 is 1.06 bits per heavy atom. The summed E-state index contributed by atoms with van der Waals surface area (Å²) < 4.78 is -0.798. The van der Waals surface area contributed by atoms with Crippen LogP contribution in [0.5, 0.6) is 0 Å². The van der Waals surface area contributed by atoms with E-state index < -0.39 is 28.7 Å². The number of likely N-dealkylation sites (N-methyl/N-ethyl adjacent to an activating group) is 1. The maximum Gasteiger partial charge on any atom is 0.247 e. The third kappa shape index (κ3) is 3.47. The Balaban J connectivity index is 1.62. The third-order valence-corrected chi connectivity index (χ3v) is 10.4. The molecule has 1 unspecified atom stereocenters. The molecule has 2 saturated heterocycles. The molecular weight excluding hydrogens is 450 g/mol. The lowest BCUT2D eigenvalue weighted by molar-refractivity contribution is -0.148. The van der Waals surface area contributed by atoms with Gasteiger partial charge in [0.2, 0.25) is 17.7 Å². The Kier molecular flexibility index (Phi) is 6.34. The van der Waals surface area contributed by atoms with Crippen LogP contribution in [-0.4, -0.2) is 92.4 Å². The van der Waals surface area contributed by atoms with Crippen LogP contribution >= 0.6 is 11.8 Å². The van der Waals surface area contributed by atoms with Gasteiger partial charge in [-0.05, 0) is 18.8 Å². The minimum absolute atomic E-state index is 0.0128. The molecule has 0 aromatic rings. The molecule has 0 bridgehead atoms. The molecule has 5 aliphatic rings. The average molecular weight is 488 g/mol. The first-order chi connectivity index (χ1) is 16.3. The third-order valence-electron chi connectivity index (χ3n) is 8.66. The van der Waals surface area contributed by atoms with Crippen molar-refractivity contribution in [2.24, 2.45) is 17.8 Å². The Hall–Kier alpha value is -1.80. The van der Waals surface area contributed by atoms with Gasteiger partial charge in [0, 0.05) is 31.4 Å². The zero-order chi connectivity index (χ0) is 24.2. The lowest BCUT2D eigenvalue weighted by atomic mass is 9.78. The number of amides is 3. The predicted octanol–water partition coefficient (Wildman–Crippen LogP) is 2.06. The topological polar surface area (TPSA) is 81.2 Å². The first-order valence-corrected chi connectivity index (χ1v) is 13.7. The number of carbonyl (C=O) groups excluding carboxylic acids is 3. The standard InChI is InChI=1S/C26H37N3O4S/c1-16(2)18(15-30)29-22-25(33)28(17-9-5-4-6-10-17)14-8-12-26(22)21(24(29)32)20-19(34-26)11-7-13-27(3)23(20)31/h7-8,11-12,16-22,30H,4-6,9-10,13-15H2,1-3H3/t18-,19-,20+,21-,22?,26-/m0/s1. The van der Waals surface area contributed by atoms with Crippen molar-refractivity contribution in [3.63, 3.8) is 0 Å². The van der Waals surface area contributed by atoms with E-state index in [0.717, 1.165) is 25.7 Å². The Bertz CT molecular complexity index is 914. The highest BCUT2D eigenvalue weighted by molar-refractivity contribution is 8.02. The molecule has 6 atom stereocenters. The zero-order valence-corrected chi connectivity index (χ0v) is 21.2. The van der Waals surface area contributed by atoms with Crippen LogP contribution in [-0.2, 0) is 14.4 Å². The number of hydrogen-bond donors (Lipinski definition) is 1. The minimum atomic E-state index is -0.798. The van der Waals surface area contributed by atoms with Gasteiger partial charge in [-0.15, -0.1) is 11.8 Å². The van der Waals surface area contributed by atoms with Gasteiger partial charge in [0.25, 0.3) is 0 Å². The summed E-state index contributed by atoms with van der Waals surface area (Å²) in [4.78, 5) is 47.4. The SMILES string of the molecule is CC(C)[C@H](CO)N1C(=O)[C@@H]2[C@@H]3C(=O)N(C)CC=C[C@@H]3S[C@@]23C=CCN(C2CCCCC2)C(=O)C13. The van der Waals surface area contributed by atoms with Crippen molar-refractivity contribution in [2.75, 3.05) is 26.7 Å². The number of nitrogens with zero attached hydrogens (tertiary/aromatic N) is 3. The smallest absolute Gasteiger partial charge is 0.247 e. The monoisotopic (exact) mass is 487 g/mol.